The molecule has 2 unspecified atom stereocenters. The molecule has 0 aromatic carbocycles. The maximum atomic E-state index is 10.4. The van der Waals surface area contributed by atoms with Crippen LogP contribution in [0.2, 0.25) is 0 Å². The van der Waals surface area contributed by atoms with Gasteiger partial charge >= 0.3 is 0 Å². The van der Waals surface area contributed by atoms with Crippen LogP contribution in [-0.4, -0.2) is 0 Å². The van der Waals surface area contributed by atoms with Crippen LogP contribution in [0, 0.1) is 0 Å². The molecule has 0 saturated heterocycles. The fraction of sp³-hybridized carbons (Fsp3) is 0. The van der Waals surface area contributed by atoms with Gasteiger partial charge in [0.2, 0.25) is 0 Å². The normalized spacial score (nSPS) is 19.4. The molecule has 110 valence electrons. The molecule has 0 heterocycles. The van der Waals surface area contributed by atoms with E-state index in [0.29, 0.717) is 0 Å². The van der Waals surface area contributed by atoms with Gasteiger partial charge in [0.15, 0.2) is 0 Å². The van der Waals surface area contributed by atoms with E-state index >= 15 is 0 Å². The summed E-state index contributed by atoms with van der Waals surface area (Å²) in [6, 6.07) is 0. The number of rotatable bonds is 6. The van der Waals surface area contributed by atoms with Crippen LogP contribution in [0.25, 0.3) is 0 Å². The molecule has 13 nitrogen and oxygen atoms in total. The second-order valence-corrected chi connectivity index (χ2v) is 7.57. The van der Waals surface area contributed by atoms with E-state index in [0.717, 1.165) is 0 Å². The molecule has 0 N–H and O–H groups in total. The van der Waals surface area contributed by atoms with Crippen molar-refractivity contribution in [2.75, 3.05) is 0 Å². The predicted molar refractivity (Wildman–Crippen MR) is 33.7 cm³/mol. The Morgan fingerprint density at radius 2 is 0.778 bits per heavy atom. The first kappa shape index (κ1) is 21.5. The van der Waals surface area contributed by atoms with E-state index < -0.39 is 31.3 Å². The summed E-state index contributed by atoms with van der Waals surface area (Å²) >= 11 is 0. The number of phosphoric acid groups is 4. The summed E-state index contributed by atoms with van der Waals surface area (Å²) in [6.45, 7) is 0. The topological polar surface area (TPSA) is 234 Å². The van der Waals surface area contributed by atoms with E-state index in [-0.39, 0.29) is 21.1 Å². The van der Waals surface area contributed by atoms with Crippen molar-refractivity contribution in [3.05, 3.63) is 0 Å². The quantitative estimate of drug-likeness (QED) is 0.288. The Balaban J connectivity index is 0. The van der Waals surface area contributed by atoms with Crippen molar-refractivity contribution in [3.63, 3.8) is 0 Å². The van der Waals surface area contributed by atoms with Crippen molar-refractivity contribution < 1.29 is 81.6 Å². The molecule has 0 aliphatic rings. The van der Waals surface area contributed by atoms with Crippen LogP contribution in [-0.2, 0) is 52.3 Å². The third-order valence-electron chi connectivity index (χ3n) is 0.600. The zero-order valence-corrected chi connectivity index (χ0v) is 13.1. The summed E-state index contributed by atoms with van der Waals surface area (Å²) in [5.74, 6) is 0. The standard InChI is InChI=1S/Mo.H6O13P4/c;1-14(2,3)11-16(7,8)13-17(9,10)12-15(4,5)6/h;(H,7,8)(H,9,10)(H2,1,2,3)(H2,4,5,6)/p-6. The maximum absolute atomic E-state index is 10.4. The minimum atomic E-state index is -6.26. The Kier molecular flexibility index (Phi) is 8.14. The summed E-state index contributed by atoms with van der Waals surface area (Å²) in [5.41, 5.74) is 0. The maximum Gasteiger partial charge on any atom is 0.278 e. The van der Waals surface area contributed by atoms with Gasteiger partial charge in [-0.2, -0.15) is 0 Å². The van der Waals surface area contributed by atoms with Gasteiger partial charge in [-0.05, 0) is 0 Å². The van der Waals surface area contributed by atoms with E-state index in [2.05, 4.69) is 12.9 Å². The summed E-state index contributed by atoms with van der Waals surface area (Å²) in [6.07, 6.45) is 0. The van der Waals surface area contributed by atoms with Gasteiger partial charge in [-0.15, -0.1) is 0 Å². The smallest absolute Gasteiger partial charge is 0.278 e. The average molecular weight is 428 g/mol. The number of hydrogen-bond acceptors (Lipinski definition) is 13. The molecule has 0 rings (SSSR count). The van der Waals surface area contributed by atoms with E-state index in [1.165, 1.54) is 0 Å². The molecule has 18 heteroatoms. The van der Waals surface area contributed by atoms with Crippen LogP contribution in [0.1, 0.15) is 0 Å². The molecular formula is MoO13P4-6. The summed E-state index contributed by atoms with van der Waals surface area (Å²) < 4.78 is 48.5. The second-order valence-electron chi connectivity index (χ2n) is 2.03. The van der Waals surface area contributed by atoms with Gasteiger partial charge in [0.25, 0.3) is 15.6 Å². The molecule has 0 radical (unpaired) electrons. The average Bonchev–Trinajstić information content (AvgIpc) is 1.65. The monoisotopic (exact) mass is 430 g/mol. The first-order valence-corrected chi connectivity index (χ1v) is 8.76. The predicted octanol–water partition coefficient (Wildman–Crippen LogP) is -4.37. The van der Waals surface area contributed by atoms with Gasteiger partial charge in [0, 0.05) is 21.1 Å². The molecular weight excluding hydrogens is 428 g/mol. The van der Waals surface area contributed by atoms with E-state index in [1.807, 2.05) is 0 Å². The van der Waals surface area contributed by atoms with Crippen molar-refractivity contribution in [2.24, 2.45) is 0 Å². The molecule has 18 heavy (non-hydrogen) atoms. The van der Waals surface area contributed by atoms with Crippen LogP contribution in [0.5, 0.6) is 0 Å². The van der Waals surface area contributed by atoms with Crippen molar-refractivity contribution in [2.45, 2.75) is 0 Å². The third kappa shape index (κ3) is 12.3. The van der Waals surface area contributed by atoms with Crippen LogP contribution < -0.4 is 29.4 Å². The molecule has 2 atom stereocenters. The summed E-state index contributed by atoms with van der Waals surface area (Å²) in [7, 11) is -24.9. The summed E-state index contributed by atoms with van der Waals surface area (Å²) in [4.78, 5) is 60.0. The zero-order valence-electron chi connectivity index (χ0n) is 7.50. The van der Waals surface area contributed by atoms with E-state index in [4.69, 9.17) is 0 Å². The van der Waals surface area contributed by atoms with E-state index in [9.17, 15) is 47.6 Å². The van der Waals surface area contributed by atoms with Gasteiger partial charge in [-0.1, -0.05) is 0 Å². The van der Waals surface area contributed by atoms with Crippen molar-refractivity contribution in [1.29, 1.82) is 0 Å². The zero-order chi connectivity index (χ0) is 14.1. The van der Waals surface area contributed by atoms with Gasteiger partial charge in [-0.3, -0.25) is 17.8 Å². The Labute approximate surface area is 113 Å². The first-order chi connectivity index (χ1) is 7.12. The van der Waals surface area contributed by atoms with Gasteiger partial charge < -0.3 is 38.5 Å². The molecule has 0 aromatic heterocycles. The largest absolute Gasteiger partial charge is 0.790 e. The van der Waals surface area contributed by atoms with Crippen molar-refractivity contribution >= 4 is 31.3 Å². The SMILES string of the molecule is O=P([O-])([O-])OP(=O)([O-])OP(=O)([O-])OP(=O)([O-])[O-].[Mo]. The molecule has 0 saturated carbocycles. The third-order valence-corrected chi connectivity index (χ3v) is 5.40. The van der Waals surface area contributed by atoms with Gasteiger partial charge in [0.1, 0.15) is 0 Å². The van der Waals surface area contributed by atoms with Crippen LogP contribution in [0.4, 0.5) is 0 Å². The van der Waals surface area contributed by atoms with E-state index in [1.54, 1.807) is 0 Å². The van der Waals surface area contributed by atoms with Gasteiger partial charge in [0.05, 0.1) is 15.6 Å². The van der Waals surface area contributed by atoms with Crippen molar-refractivity contribution in [1.82, 2.24) is 0 Å². The Bertz CT molecular complexity index is 408. The van der Waals surface area contributed by atoms with Crippen LogP contribution in [0.3, 0.4) is 0 Å². The Hall–Kier alpha value is 1.25. The minimum Gasteiger partial charge on any atom is -0.790 e. The molecule has 0 spiro atoms. The molecule has 0 aromatic rings. The summed E-state index contributed by atoms with van der Waals surface area (Å²) in [5, 5.41) is 0. The van der Waals surface area contributed by atoms with Crippen LogP contribution in [0.15, 0.2) is 0 Å². The fourth-order valence-electron chi connectivity index (χ4n) is 0.397. The van der Waals surface area contributed by atoms with Crippen molar-refractivity contribution in [3.8, 4) is 0 Å². The van der Waals surface area contributed by atoms with Crippen LogP contribution >= 0.6 is 31.3 Å². The Morgan fingerprint density at radius 3 is 0.944 bits per heavy atom. The molecule has 0 fully saturated rings. The number of hydrogen-bond donors (Lipinski definition) is 0. The first-order valence-electron chi connectivity index (χ1n) is 2.92. The molecule has 0 bridgehead atoms. The second kappa shape index (κ2) is 6.80. The molecule has 0 amide bonds. The fourth-order valence-corrected chi connectivity index (χ4v) is 4.11. The van der Waals surface area contributed by atoms with Gasteiger partial charge in [-0.25, -0.2) is 4.31 Å². The molecule has 0 aliphatic heterocycles. The Morgan fingerprint density at radius 1 is 0.556 bits per heavy atom. The minimum absolute atomic E-state index is 0. The molecule has 0 aliphatic carbocycles.